The zero-order chi connectivity index (χ0) is 15.8. The van der Waals surface area contributed by atoms with E-state index in [1.165, 1.54) is 7.05 Å². The van der Waals surface area contributed by atoms with Crippen LogP contribution in [0.5, 0.6) is 0 Å². The molecule has 0 radical (unpaired) electrons. The van der Waals surface area contributed by atoms with Gasteiger partial charge in [-0.1, -0.05) is 22.9 Å². The molecule has 0 aliphatic heterocycles. The van der Waals surface area contributed by atoms with Crippen molar-refractivity contribution in [1.29, 1.82) is 0 Å². The molecule has 0 saturated heterocycles. The van der Waals surface area contributed by atoms with Crippen LogP contribution in [0.4, 0.5) is 13.2 Å². The summed E-state index contributed by atoms with van der Waals surface area (Å²) in [4.78, 5) is 0. The molecule has 1 aromatic carbocycles. The zero-order valence-corrected chi connectivity index (χ0v) is 12.2. The Morgan fingerprint density at radius 3 is 2.48 bits per heavy atom. The molecule has 10 heteroatoms. The predicted molar refractivity (Wildman–Crippen MR) is 68.3 cm³/mol. The number of aromatic nitrogens is 3. The largest absolute Gasteiger partial charge is 0.417 e. The van der Waals surface area contributed by atoms with Crippen molar-refractivity contribution in [2.45, 2.75) is 17.0 Å². The predicted octanol–water partition coefficient (Wildman–Crippen LogP) is 2.46. The van der Waals surface area contributed by atoms with Crippen molar-refractivity contribution in [2.75, 3.05) is 0 Å². The maximum atomic E-state index is 12.6. The third-order valence-electron chi connectivity index (χ3n) is 2.69. The molecule has 2 rings (SSSR count). The summed E-state index contributed by atoms with van der Waals surface area (Å²) in [5, 5.41) is 6.28. The van der Waals surface area contributed by atoms with Gasteiger partial charge >= 0.3 is 6.18 Å². The fourth-order valence-electron chi connectivity index (χ4n) is 1.73. The SMILES string of the molecule is Cn1nncc1S(=O)(=O)Cc1ccc(C(F)(F)F)c(Cl)c1. The minimum Gasteiger partial charge on any atom is -0.237 e. The maximum absolute atomic E-state index is 12.6. The molecule has 0 amide bonds. The van der Waals surface area contributed by atoms with Gasteiger partial charge in [0, 0.05) is 7.05 Å². The van der Waals surface area contributed by atoms with E-state index in [1.54, 1.807) is 0 Å². The van der Waals surface area contributed by atoms with Crippen LogP contribution in [0.25, 0.3) is 0 Å². The Balaban J connectivity index is 2.33. The number of rotatable bonds is 3. The molecule has 1 aromatic heterocycles. The molecule has 0 atom stereocenters. The van der Waals surface area contributed by atoms with E-state index in [9.17, 15) is 21.6 Å². The number of aryl methyl sites for hydroxylation is 1. The van der Waals surface area contributed by atoms with Gasteiger partial charge in [-0.15, -0.1) is 5.10 Å². The van der Waals surface area contributed by atoms with Crippen LogP contribution in [0.1, 0.15) is 11.1 Å². The average Bonchev–Trinajstić information content (AvgIpc) is 2.74. The summed E-state index contributed by atoms with van der Waals surface area (Å²) in [6.45, 7) is 0. The minimum atomic E-state index is -4.58. The van der Waals surface area contributed by atoms with E-state index in [4.69, 9.17) is 11.6 Å². The lowest BCUT2D eigenvalue weighted by atomic mass is 10.1. The van der Waals surface area contributed by atoms with Crippen LogP contribution in [0.2, 0.25) is 5.02 Å². The van der Waals surface area contributed by atoms with Gasteiger partial charge in [-0.25, -0.2) is 13.1 Å². The fraction of sp³-hybridized carbons (Fsp3) is 0.273. The lowest BCUT2D eigenvalue weighted by Gasteiger charge is -2.10. The first-order valence-electron chi connectivity index (χ1n) is 5.54. The van der Waals surface area contributed by atoms with E-state index < -0.39 is 32.4 Å². The van der Waals surface area contributed by atoms with Crippen molar-refractivity contribution in [1.82, 2.24) is 15.0 Å². The highest BCUT2D eigenvalue weighted by Crippen LogP contribution is 2.35. The lowest BCUT2D eigenvalue weighted by molar-refractivity contribution is -0.137. The van der Waals surface area contributed by atoms with Crippen LogP contribution in [0.3, 0.4) is 0 Å². The normalized spacial score (nSPS) is 12.6. The molecular formula is C11H9ClF3N3O2S. The van der Waals surface area contributed by atoms with E-state index in [2.05, 4.69) is 10.3 Å². The number of sulfone groups is 1. The summed E-state index contributed by atoms with van der Waals surface area (Å²) in [6.07, 6.45) is -3.51. The first-order valence-corrected chi connectivity index (χ1v) is 7.57. The maximum Gasteiger partial charge on any atom is 0.417 e. The van der Waals surface area contributed by atoms with E-state index in [1.807, 2.05) is 0 Å². The Bertz CT molecular complexity index is 771. The highest BCUT2D eigenvalue weighted by atomic mass is 35.5. The number of hydrogen-bond acceptors (Lipinski definition) is 4. The van der Waals surface area contributed by atoms with Crippen molar-refractivity contribution in [3.63, 3.8) is 0 Å². The third kappa shape index (κ3) is 3.35. The highest BCUT2D eigenvalue weighted by Gasteiger charge is 2.33. The summed E-state index contributed by atoms with van der Waals surface area (Å²) >= 11 is 5.55. The van der Waals surface area contributed by atoms with Crippen LogP contribution < -0.4 is 0 Å². The zero-order valence-electron chi connectivity index (χ0n) is 10.6. The van der Waals surface area contributed by atoms with Gasteiger partial charge in [-0.05, 0) is 17.7 Å². The van der Waals surface area contributed by atoms with Crippen molar-refractivity contribution < 1.29 is 21.6 Å². The standard InChI is InChI=1S/C11H9ClF3N3O2S/c1-18-10(5-16-17-18)21(19,20)6-7-2-3-8(9(12)4-7)11(13,14)15/h2-5H,6H2,1H3. The van der Waals surface area contributed by atoms with E-state index in [0.29, 0.717) is 0 Å². The van der Waals surface area contributed by atoms with Crippen LogP contribution in [0, 0.1) is 0 Å². The smallest absolute Gasteiger partial charge is 0.237 e. The number of benzene rings is 1. The second kappa shape index (κ2) is 5.30. The van der Waals surface area contributed by atoms with E-state index >= 15 is 0 Å². The molecular weight excluding hydrogens is 331 g/mol. The van der Waals surface area contributed by atoms with Gasteiger partial charge < -0.3 is 0 Å². The quantitative estimate of drug-likeness (QED) is 0.861. The van der Waals surface area contributed by atoms with Gasteiger partial charge in [0.25, 0.3) is 0 Å². The molecule has 0 bridgehead atoms. The molecule has 0 saturated carbocycles. The molecule has 1 heterocycles. The van der Waals surface area contributed by atoms with Crippen molar-refractivity contribution in [2.24, 2.45) is 7.05 Å². The van der Waals surface area contributed by atoms with Crippen LogP contribution in [0.15, 0.2) is 29.4 Å². The molecule has 0 fully saturated rings. The Kier molecular flexibility index (Phi) is 3.98. The van der Waals surface area contributed by atoms with Gasteiger partial charge in [-0.3, -0.25) is 0 Å². The number of nitrogens with zero attached hydrogens (tertiary/aromatic N) is 3. The highest BCUT2D eigenvalue weighted by molar-refractivity contribution is 7.90. The van der Waals surface area contributed by atoms with Crippen LogP contribution in [-0.4, -0.2) is 23.4 Å². The molecule has 0 aliphatic carbocycles. The summed E-state index contributed by atoms with van der Waals surface area (Å²) < 4.78 is 63.0. The third-order valence-corrected chi connectivity index (χ3v) is 4.72. The van der Waals surface area contributed by atoms with Gasteiger partial charge in [0.2, 0.25) is 9.84 Å². The van der Waals surface area contributed by atoms with Gasteiger partial charge in [0.15, 0.2) is 5.03 Å². The van der Waals surface area contributed by atoms with Gasteiger partial charge in [0.1, 0.15) is 0 Å². The van der Waals surface area contributed by atoms with E-state index in [-0.39, 0.29) is 10.6 Å². The molecule has 5 nitrogen and oxygen atoms in total. The lowest BCUT2D eigenvalue weighted by Crippen LogP contribution is -2.11. The second-order valence-corrected chi connectivity index (χ2v) is 6.61. The summed E-state index contributed by atoms with van der Waals surface area (Å²) in [5.41, 5.74) is -0.860. The topological polar surface area (TPSA) is 64.8 Å². The average molecular weight is 340 g/mol. The van der Waals surface area contributed by atoms with Crippen LogP contribution >= 0.6 is 11.6 Å². The van der Waals surface area contributed by atoms with Gasteiger partial charge in [0.05, 0.1) is 22.5 Å². The summed E-state index contributed by atoms with van der Waals surface area (Å²) in [6, 6.07) is 2.83. The second-order valence-electron chi connectivity index (χ2n) is 4.27. The number of alkyl halides is 3. The molecule has 0 N–H and O–H groups in total. The molecule has 0 unspecified atom stereocenters. The molecule has 2 aromatic rings. The number of hydrogen-bond donors (Lipinski definition) is 0. The first kappa shape index (κ1) is 15.8. The summed E-state index contributed by atoms with van der Waals surface area (Å²) in [5.74, 6) is -0.494. The molecule has 114 valence electrons. The Labute approximate surface area is 123 Å². The molecule has 0 spiro atoms. The monoisotopic (exact) mass is 339 g/mol. The van der Waals surface area contributed by atoms with E-state index in [0.717, 1.165) is 29.1 Å². The molecule has 0 aliphatic rings. The number of halogens is 4. The minimum absolute atomic E-state index is 0.126. The fourth-order valence-corrected chi connectivity index (χ4v) is 3.46. The van der Waals surface area contributed by atoms with Crippen LogP contribution in [-0.2, 0) is 28.8 Å². The Morgan fingerprint density at radius 2 is 2.00 bits per heavy atom. The van der Waals surface area contributed by atoms with Gasteiger partial charge in [-0.2, -0.15) is 13.2 Å². The summed E-state index contributed by atoms with van der Waals surface area (Å²) in [7, 11) is -2.37. The first-order chi connectivity index (χ1) is 9.61. The Hall–Kier alpha value is -1.61. The Morgan fingerprint density at radius 1 is 1.33 bits per heavy atom. The van der Waals surface area contributed by atoms with Crippen molar-refractivity contribution >= 4 is 21.4 Å². The van der Waals surface area contributed by atoms with Crippen molar-refractivity contribution in [3.8, 4) is 0 Å². The van der Waals surface area contributed by atoms with Crippen molar-refractivity contribution in [3.05, 3.63) is 40.5 Å². The molecule has 21 heavy (non-hydrogen) atoms.